The third-order valence-corrected chi connectivity index (χ3v) is 8.75. The molecule has 0 bridgehead atoms. The zero-order chi connectivity index (χ0) is 24.4. The Hall–Kier alpha value is -2.77. The van der Waals surface area contributed by atoms with Gasteiger partial charge in [-0.3, -0.25) is 24.1 Å². The lowest BCUT2D eigenvalue weighted by atomic mass is 9.61. The molecule has 4 aliphatic rings. The molecule has 3 aliphatic carbocycles. The normalized spacial score (nSPS) is 34.5. The molecule has 4 rings (SSSR count). The highest BCUT2D eigenvalue weighted by Gasteiger charge is 2.66. The number of rotatable bonds is 4. The van der Waals surface area contributed by atoms with E-state index in [1.807, 2.05) is 20.8 Å². The van der Waals surface area contributed by atoms with Gasteiger partial charge in [0.2, 0.25) is 11.8 Å². The van der Waals surface area contributed by atoms with Crippen LogP contribution in [0.15, 0.2) is 22.8 Å². The van der Waals surface area contributed by atoms with E-state index in [0.717, 1.165) is 10.5 Å². The second-order valence-corrected chi connectivity index (χ2v) is 9.66. The van der Waals surface area contributed by atoms with Gasteiger partial charge in [0.15, 0.2) is 5.78 Å². The summed E-state index contributed by atoms with van der Waals surface area (Å²) in [5.74, 6) is -5.47. The molecule has 1 aliphatic heterocycles. The Morgan fingerprint density at radius 2 is 1.67 bits per heavy atom. The van der Waals surface area contributed by atoms with Gasteiger partial charge in [-0.15, -0.1) is 0 Å². The molecule has 1 saturated heterocycles. The maximum atomic E-state index is 14.0. The molecule has 6 atom stereocenters. The van der Waals surface area contributed by atoms with E-state index < -0.39 is 52.9 Å². The first-order valence-corrected chi connectivity index (χ1v) is 11.6. The molecule has 1 fully saturated rings. The van der Waals surface area contributed by atoms with Gasteiger partial charge < -0.3 is 9.47 Å². The van der Waals surface area contributed by atoms with Gasteiger partial charge in [-0.05, 0) is 36.7 Å². The number of carbonyl (C=O) groups excluding carboxylic acids is 5. The number of methoxy groups -OCH3 is 2. The average Bonchev–Trinajstić information content (AvgIpc) is 3.11. The number of nitrogens with zero attached hydrogens (tertiary/aromatic N) is 1. The van der Waals surface area contributed by atoms with Crippen molar-refractivity contribution in [2.24, 2.45) is 40.9 Å². The first-order valence-electron chi connectivity index (χ1n) is 11.6. The fraction of sp³-hybridized carbons (Fsp3) is 0.640. The molecule has 0 saturated carbocycles. The van der Waals surface area contributed by atoms with Crippen molar-refractivity contribution in [3.8, 4) is 0 Å². The van der Waals surface area contributed by atoms with Gasteiger partial charge in [0.05, 0.1) is 32.0 Å². The van der Waals surface area contributed by atoms with Crippen LogP contribution in [0, 0.1) is 40.9 Å². The van der Waals surface area contributed by atoms with Crippen LogP contribution in [0.3, 0.4) is 0 Å². The predicted octanol–water partition coefficient (Wildman–Crippen LogP) is 2.08. The SMILES string of the molecule is CCC1(CC)C(=O)C2=C3[C@@H](CC(C(=O)OC)=C[C@@H](C(=O)OC)[C@H]31)[C@H]1C(=O)N(C)C(=O)[C@H]1[C@H]2C. The van der Waals surface area contributed by atoms with Crippen molar-refractivity contribution in [3.63, 3.8) is 0 Å². The third kappa shape index (κ3) is 2.85. The molecule has 8 heteroatoms. The van der Waals surface area contributed by atoms with Crippen molar-refractivity contribution in [1.29, 1.82) is 0 Å². The number of Topliss-reactive ketones (excluding diaryl/α,β-unsaturated/α-hetero) is 1. The number of hydrogen-bond donors (Lipinski definition) is 0. The topological polar surface area (TPSA) is 107 Å². The van der Waals surface area contributed by atoms with E-state index in [0.29, 0.717) is 18.4 Å². The highest BCUT2D eigenvalue weighted by molar-refractivity contribution is 6.11. The average molecular weight is 458 g/mol. The molecule has 0 radical (unpaired) electrons. The summed E-state index contributed by atoms with van der Waals surface area (Å²) in [6, 6.07) is 0. The zero-order valence-corrected chi connectivity index (χ0v) is 20.0. The van der Waals surface area contributed by atoms with Crippen LogP contribution in [-0.4, -0.2) is 55.7 Å². The number of imide groups is 1. The van der Waals surface area contributed by atoms with Crippen LogP contribution < -0.4 is 0 Å². The maximum Gasteiger partial charge on any atom is 0.333 e. The lowest BCUT2D eigenvalue weighted by molar-refractivity contribution is -0.147. The number of fused-ring (bicyclic) bond motifs is 2. The second kappa shape index (κ2) is 7.92. The number of carbonyl (C=O) groups is 5. The number of allylic oxidation sites excluding steroid dienone is 2. The molecule has 0 N–H and O–H groups in total. The lowest BCUT2D eigenvalue weighted by Gasteiger charge is -2.39. The van der Waals surface area contributed by atoms with Crippen molar-refractivity contribution < 1.29 is 33.4 Å². The minimum Gasteiger partial charge on any atom is -0.469 e. The number of ether oxygens (including phenoxy) is 2. The largest absolute Gasteiger partial charge is 0.469 e. The molecule has 0 spiro atoms. The molecular weight excluding hydrogens is 426 g/mol. The van der Waals surface area contributed by atoms with Gasteiger partial charge in [0, 0.05) is 24.0 Å². The molecule has 178 valence electrons. The van der Waals surface area contributed by atoms with Gasteiger partial charge in [-0.2, -0.15) is 0 Å². The Morgan fingerprint density at radius 3 is 2.21 bits per heavy atom. The lowest BCUT2D eigenvalue weighted by Crippen LogP contribution is -2.41. The van der Waals surface area contributed by atoms with Gasteiger partial charge >= 0.3 is 11.9 Å². The Morgan fingerprint density at radius 1 is 1.06 bits per heavy atom. The van der Waals surface area contributed by atoms with Crippen LogP contribution >= 0.6 is 0 Å². The van der Waals surface area contributed by atoms with E-state index in [4.69, 9.17) is 9.47 Å². The smallest absolute Gasteiger partial charge is 0.333 e. The molecule has 0 aromatic heterocycles. The Balaban J connectivity index is 2.04. The van der Waals surface area contributed by atoms with Crippen molar-refractivity contribution in [3.05, 3.63) is 22.8 Å². The summed E-state index contributed by atoms with van der Waals surface area (Å²) >= 11 is 0. The van der Waals surface area contributed by atoms with Gasteiger partial charge in [-0.1, -0.05) is 32.4 Å². The Bertz CT molecular complexity index is 1020. The van der Waals surface area contributed by atoms with Crippen LogP contribution in [-0.2, 0) is 33.4 Å². The minimum absolute atomic E-state index is 0.0397. The van der Waals surface area contributed by atoms with Gasteiger partial charge in [-0.25, -0.2) is 4.79 Å². The van der Waals surface area contributed by atoms with E-state index in [2.05, 4.69) is 0 Å². The number of likely N-dealkylation sites (tertiary alicyclic amines) is 1. The van der Waals surface area contributed by atoms with E-state index in [-0.39, 0.29) is 29.6 Å². The summed E-state index contributed by atoms with van der Waals surface area (Å²) in [4.78, 5) is 67.3. The molecule has 1 heterocycles. The fourth-order valence-corrected chi connectivity index (χ4v) is 7.11. The van der Waals surface area contributed by atoms with Crippen molar-refractivity contribution >= 4 is 29.5 Å². The highest BCUT2D eigenvalue weighted by atomic mass is 16.5. The van der Waals surface area contributed by atoms with Crippen molar-refractivity contribution in [2.75, 3.05) is 21.3 Å². The Labute approximate surface area is 193 Å². The summed E-state index contributed by atoms with van der Waals surface area (Å²) in [5, 5.41) is 0. The summed E-state index contributed by atoms with van der Waals surface area (Å²) in [7, 11) is 4.02. The van der Waals surface area contributed by atoms with Crippen LogP contribution in [0.4, 0.5) is 0 Å². The Kier molecular flexibility index (Phi) is 5.61. The standard InChI is InChI=1S/C25H31NO7/c1-7-25(8-2)19-14(24(31)33-6)10-12(23(30)32-5)9-13-17(19)15(20(25)27)11(3)16-18(13)22(29)26(4)21(16)28/h10-11,13-14,16,18-19H,7-9H2,1-6H3/t11-,13+,14+,16-,18+,19+/m0/s1. The summed E-state index contributed by atoms with van der Waals surface area (Å²) in [6.07, 6.45) is 2.69. The first kappa shape index (κ1) is 23.4. The van der Waals surface area contributed by atoms with E-state index >= 15 is 0 Å². The van der Waals surface area contributed by atoms with Crippen LogP contribution in [0.25, 0.3) is 0 Å². The number of esters is 2. The molecular formula is C25H31NO7. The minimum atomic E-state index is -0.866. The van der Waals surface area contributed by atoms with E-state index in [1.54, 1.807) is 6.08 Å². The van der Waals surface area contributed by atoms with Crippen molar-refractivity contribution in [2.45, 2.75) is 40.0 Å². The molecule has 0 aromatic rings. The quantitative estimate of drug-likeness (QED) is 0.470. The second-order valence-electron chi connectivity index (χ2n) is 9.66. The molecule has 2 amide bonds. The third-order valence-electron chi connectivity index (χ3n) is 8.75. The summed E-state index contributed by atoms with van der Waals surface area (Å²) in [5.41, 5.74) is 0.740. The van der Waals surface area contributed by atoms with Crippen LogP contribution in [0.1, 0.15) is 40.0 Å². The predicted molar refractivity (Wildman–Crippen MR) is 116 cm³/mol. The fourth-order valence-electron chi connectivity index (χ4n) is 7.11. The molecule has 33 heavy (non-hydrogen) atoms. The monoisotopic (exact) mass is 457 g/mol. The number of ketones is 1. The van der Waals surface area contributed by atoms with Gasteiger partial charge in [0.1, 0.15) is 0 Å². The number of hydrogen-bond acceptors (Lipinski definition) is 7. The van der Waals surface area contributed by atoms with Crippen LogP contribution in [0.5, 0.6) is 0 Å². The van der Waals surface area contributed by atoms with Crippen molar-refractivity contribution in [1.82, 2.24) is 4.90 Å². The highest BCUT2D eigenvalue weighted by Crippen LogP contribution is 2.64. The summed E-state index contributed by atoms with van der Waals surface area (Å²) in [6.45, 7) is 5.69. The van der Waals surface area contributed by atoms with Crippen LogP contribution in [0.2, 0.25) is 0 Å². The molecule has 8 nitrogen and oxygen atoms in total. The first-order chi connectivity index (χ1) is 15.6. The zero-order valence-electron chi connectivity index (χ0n) is 20.0. The van der Waals surface area contributed by atoms with E-state index in [1.165, 1.54) is 21.3 Å². The maximum absolute atomic E-state index is 14.0. The van der Waals surface area contributed by atoms with E-state index in [9.17, 15) is 24.0 Å². The summed E-state index contributed by atoms with van der Waals surface area (Å²) < 4.78 is 10.1. The van der Waals surface area contributed by atoms with Gasteiger partial charge in [0.25, 0.3) is 0 Å². The number of amides is 2. The molecule has 0 unspecified atom stereocenters. The molecule has 0 aromatic carbocycles.